The van der Waals surface area contributed by atoms with E-state index in [0.717, 1.165) is 26.6 Å². The molecule has 0 radical (unpaired) electrons. The van der Waals surface area contributed by atoms with Gasteiger partial charge in [-0.25, -0.2) is 0 Å². The van der Waals surface area contributed by atoms with Crippen LogP contribution in [0.4, 0.5) is 5.69 Å². The molecule has 0 saturated heterocycles. The van der Waals surface area contributed by atoms with Crippen LogP contribution in [-0.2, 0) is 0 Å². The topological polar surface area (TPSA) is 26.0 Å². The van der Waals surface area contributed by atoms with E-state index in [0.29, 0.717) is 0 Å². The van der Waals surface area contributed by atoms with Crippen LogP contribution in [0.25, 0.3) is 0 Å². The molecule has 0 aromatic heterocycles. The lowest BCUT2D eigenvalue weighted by atomic mass is 10.3. The number of nitrogen functional groups attached to an aromatic ring is 1. The lowest BCUT2D eigenvalue weighted by Crippen LogP contribution is -1.90. The molecule has 0 fully saturated rings. The van der Waals surface area contributed by atoms with Crippen molar-refractivity contribution in [3.63, 3.8) is 0 Å². The van der Waals surface area contributed by atoms with Crippen LogP contribution in [0.15, 0.2) is 62.8 Å². The van der Waals surface area contributed by atoms with Crippen LogP contribution in [0.3, 0.4) is 0 Å². The minimum absolute atomic E-state index is 0.846. The molecular weight excluding hydrogens is 326 g/mol. The number of nitrogens with two attached hydrogens (primary N) is 1. The molecule has 0 bridgehead atoms. The first-order chi connectivity index (χ1) is 8.75. The number of hydrogen-bond donors (Lipinski definition) is 1. The third kappa shape index (κ3) is 4.26. The van der Waals surface area contributed by atoms with E-state index in [4.69, 9.17) is 5.73 Å². The number of rotatable bonds is 5. The zero-order chi connectivity index (χ0) is 12.8. The van der Waals surface area contributed by atoms with Crippen molar-refractivity contribution in [2.24, 2.45) is 0 Å². The molecule has 0 aliphatic carbocycles. The second-order valence-electron chi connectivity index (χ2n) is 3.69. The van der Waals surface area contributed by atoms with Crippen LogP contribution in [0.5, 0.6) is 0 Å². The summed E-state index contributed by atoms with van der Waals surface area (Å²) in [5.41, 5.74) is 6.80. The van der Waals surface area contributed by atoms with Gasteiger partial charge >= 0.3 is 0 Å². The van der Waals surface area contributed by atoms with Crippen LogP contribution in [-0.4, -0.2) is 11.5 Å². The molecule has 94 valence electrons. The van der Waals surface area contributed by atoms with Crippen molar-refractivity contribution in [3.05, 3.63) is 53.0 Å². The van der Waals surface area contributed by atoms with E-state index in [1.54, 1.807) is 0 Å². The fourth-order valence-corrected chi connectivity index (χ4v) is 3.72. The molecule has 1 nitrogen and oxygen atoms in total. The minimum atomic E-state index is 0.846. The SMILES string of the molecule is Nc1cc(Br)ccc1SCCSc1ccccc1. The Morgan fingerprint density at radius 2 is 1.67 bits per heavy atom. The fraction of sp³-hybridized carbons (Fsp3) is 0.143. The summed E-state index contributed by atoms with van der Waals surface area (Å²) >= 11 is 7.10. The average Bonchev–Trinajstić information content (AvgIpc) is 2.38. The Hall–Kier alpha value is -0.580. The molecule has 2 aromatic carbocycles. The van der Waals surface area contributed by atoms with Gasteiger partial charge in [0.25, 0.3) is 0 Å². The van der Waals surface area contributed by atoms with Gasteiger partial charge in [-0.05, 0) is 30.3 Å². The highest BCUT2D eigenvalue weighted by atomic mass is 79.9. The van der Waals surface area contributed by atoms with Gasteiger partial charge in [-0.3, -0.25) is 0 Å². The third-order valence-corrected chi connectivity index (χ3v) is 5.18. The first-order valence-electron chi connectivity index (χ1n) is 5.61. The normalized spacial score (nSPS) is 10.5. The molecule has 0 amide bonds. The van der Waals surface area contributed by atoms with Crippen LogP contribution in [0, 0.1) is 0 Å². The first kappa shape index (κ1) is 13.8. The Morgan fingerprint density at radius 3 is 2.39 bits per heavy atom. The standard InChI is InChI=1S/C14H14BrNS2/c15-11-6-7-14(13(16)10-11)18-9-8-17-12-4-2-1-3-5-12/h1-7,10H,8-9,16H2. The zero-order valence-corrected chi connectivity index (χ0v) is 13.0. The second kappa shape index (κ2) is 7.12. The maximum atomic E-state index is 5.96. The molecule has 2 rings (SSSR count). The van der Waals surface area contributed by atoms with Gasteiger partial charge in [0.15, 0.2) is 0 Å². The summed E-state index contributed by atoms with van der Waals surface area (Å²) < 4.78 is 1.03. The summed E-state index contributed by atoms with van der Waals surface area (Å²) in [6.07, 6.45) is 0. The highest BCUT2D eigenvalue weighted by molar-refractivity contribution is 9.10. The summed E-state index contributed by atoms with van der Waals surface area (Å²) in [7, 11) is 0. The molecule has 0 heterocycles. The van der Waals surface area contributed by atoms with Crippen molar-refractivity contribution in [1.82, 2.24) is 0 Å². The van der Waals surface area contributed by atoms with Gasteiger partial charge < -0.3 is 5.73 Å². The van der Waals surface area contributed by atoms with Crippen molar-refractivity contribution >= 4 is 45.1 Å². The predicted octanol–water partition coefficient (Wildman–Crippen LogP) is 4.92. The highest BCUT2D eigenvalue weighted by Crippen LogP contribution is 2.29. The highest BCUT2D eigenvalue weighted by Gasteiger charge is 2.01. The molecule has 0 atom stereocenters. The molecule has 4 heteroatoms. The van der Waals surface area contributed by atoms with Gasteiger partial charge in [-0.1, -0.05) is 34.1 Å². The van der Waals surface area contributed by atoms with Crippen molar-refractivity contribution < 1.29 is 0 Å². The summed E-state index contributed by atoms with van der Waals surface area (Å²) in [6, 6.07) is 16.5. The third-order valence-electron chi connectivity index (χ3n) is 2.32. The summed E-state index contributed by atoms with van der Waals surface area (Å²) in [5.74, 6) is 2.15. The average molecular weight is 340 g/mol. The van der Waals surface area contributed by atoms with E-state index < -0.39 is 0 Å². The lowest BCUT2D eigenvalue weighted by molar-refractivity contribution is 1.41. The molecule has 0 aliphatic heterocycles. The molecule has 2 aromatic rings. The van der Waals surface area contributed by atoms with Crippen LogP contribution in [0.2, 0.25) is 0 Å². The number of benzene rings is 2. The van der Waals surface area contributed by atoms with Gasteiger partial charge in [0.2, 0.25) is 0 Å². The molecule has 0 aliphatic rings. The van der Waals surface area contributed by atoms with Gasteiger partial charge in [0.1, 0.15) is 0 Å². The molecule has 18 heavy (non-hydrogen) atoms. The van der Waals surface area contributed by atoms with Gasteiger partial charge in [0, 0.05) is 31.5 Å². The Balaban J connectivity index is 1.79. The lowest BCUT2D eigenvalue weighted by Gasteiger charge is -2.05. The summed E-state index contributed by atoms with van der Waals surface area (Å²) in [5, 5.41) is 0. The van der Waals surface area contributed by atoms with Crippen LogP contribution in [0.1, 0.15) is 0 Å². The second-order valence-corrected chi connectivity index (χ2v) is 6.91. The Kier molecular flexibility index (Phi) is 5.47. The van der Waals surface area contributed by atoms with E-state index in [2.05, 4.69) is 46.3 Å². The Morgan fingerprint density at radius 1 is 0.944 bits per heavy atom. The van der Waals surface area contributed by atoms with Gasteiger partial charge in [-0.2, -0.15) is 0 Å². The fourth-order valence-electron chi connectivity index (χ4n) is 1.48. The van der Waals surface area contributed by atoms with Crippen molar-refractivity contribution in [1.29, 1.82) is 0 Å². The van der Waals surface area contributed by atoms with Crippen molar-refractivity contribution in [2.45, 2.75) is 9.79 Å². The quantitative estimate of drug-likeness (QED) is 0.475. The maximum Gasteiger partial charge on any atom is 0.0463 e. The Labute approximate surface area is 125 Å². The van der Waals surface area contributed by atoms with Crippen LogP contribution < -0.4 is 5.73 Å². The van der Waals surface area contributed by atoms with E-state index in [-0.39, 0.29) is 0 Å². The molecular formula is C14H14BrNS2. The van der Waals surface area contributed by atoms with E-state index in [1.165, 1.54) is 4.90 Å². The van der Waals surface area contributed by atoms with E-state index in [9.17, 15) is 0 Å². The first-order valence-corrected chi connectivity index (χ1v) is 8.38. The monoisotopic (exact) mass is 339 g/mol. The zero-order valence-electron chi connectivity index (χ0n) is 9.80. The number of hydrogen-bond acceptors (Lipinski definition) is 3. The van der Waals surface area contributed by atoms with Gasteiger partial charge in [0.05, 0.1) is 0 Å². The molecule has 0 saturated carbocycles. The van der Waals surface area contributed by atoms with Crippen molar-refractivity contribution in [3.8, 4) is 0 Å². The van der Waals surface area contributed by atoms with E-state index >= 15 is 0 Å². The number of anilines is 1. The summed E-state index contributed by atoms with van der Waals surface area (Å²) in [4.78, 5) is 2.48. The van der Waals surface area contributed by atoms with Crippen LogP contribution >= 0.6 is 39.5 Å². The van der Waals surface area contributed by atoms with E-state index in [1.807, 2.05) is 41.7 Å². The minimum Gasteiger partial charge on any atom is -0.398 e. The molecule has 0 spiro atoms. The largest absolute Gasteiger partial charge is 0.398 e. The maximum absolute atomic E-state index is 5.96. The molecule has 0 unspecified atom stereocenters. The molecule has 2 N–H and O–H groups in total. The number of halogens is 1. The van der Waals surface area contributed by atoms with Gasteiger partial charge in [-0.15, -0.1) is 23.5 Å². The summed E-state index contributed by atoms with van der Waals surface area (Å²) in [6.45, 7) is 0. The smallest absolute Gasteiger partial charge is 0.0463 e. The van der Waals surface area contributed by atoms with Crippen molar-refractivity contribution in [2.75, 3.05) is 17.2 Å². The Bertz CT molecular complexity index is 502. The predicted molar refractivity (Wildman–Crippen MR) is 86.4 cm³/mol. The number of thioether (sulfide) groups is 2.